The Hall–Kier alpha value is -1.92. The monoisotopic (exact) mass is 338 g/mol. The van der Waals surface area contributed by atoms with Crippen LogP contribution in [0, 0.1) is 11.8 Å². The molecule has 0 aromatic carbocycles. The Morgan fingerprint density at radius 2 is 2.04 bits per heavy atom. The lowest BCUT2D eigenvalue weighted by Gasteiger charge is -2.17. The van der Waals surface area contributed by atoms with Gasteiger partial charge in [-0.25, -0.2) is 4.79 Å². The van der Waals surface area contributed by atoms with Crippen LogP contribution in [-0.4, -0.2) is 49.8 Å². The van der Waals surface area contributed by atoms with Crippen molar-refractivity contribution in [1.82, 2.24) is 9.55 Å². The third kappa shape index (κ3) is 3.94. The topological polar surface area (TPSA) is 125 Å². The molecule has 0 spiro atoms. The first kappa shape index (κ1) is 18.4. The second kappa shape index (κ2) is 8.26. The maximum Gasteiger partial charge on any atom is 0.330 e. The summed E-state index contributed by atoms with van der Waals surface area (Å²) in [6.07, 6.45) is -0.0660. The van der Waals surface area contributed by atoms with Gasteiger partial charge < -0.3 is 20.1 Å². The molecule has 1 aliphatic heterocycles. The van der Waals surface area contributed by atoms with E-state index in [1.165, 1.54) is 6.20 Å². The fourth-order valence-corrected chi connectivity index (χ4v) is 2.49. The molecule has 0 amide bonds. The van der Waals surface area contributed by atoms with E-state index in [0.717, 1.165) is 23.8 Å². The summed E-state index contributed by atoms with van der Waals surface area (Å²) in [5, 5.41) is 28.9. The average Bonchev–Trinajstić information content (AvgIpc) is 2.84. The van der Waals surface area contributed by atoms with Gasteiger partial charge in [-0.3, -0.25) is 14.3 Å². The minimum atomic E-state index is -1.41. The van der Waals surface area contributed by atoms with Gasteiger partial charge in [0, 0.05) is 12.6 Å². The van der Waals surface area contributed by atoms with Crippen molar-refractivity contribution in [3.05, 3.63) is 32.6 Å². The zero-order chi connectivity index (χ0) is 17.7. The second-order valence-electron chi connectivity index (χ2n) is 5.70. The SMILES string of the molecule is CCCCCC#Cc1cn([C@@H]2O[C@H](CO)[C@@H](O)[C@@H]2O)c(=O)[nH]c1=O. The maximum atomic E-state index is 12.0. The van der Waals surface area contributed by atoms with Gasteiger partial charge in [-0.15, -0.1) is 0 Å². The molecule has 24 heavy (non-hydrogen) atoms. The Balaban J connectivity index is 2.27. The normalized spacial score (nSPS) is 26.2. The number of rotatable bonds is 5. The zero-order valence-electron chi connectivity index (χ0n) is 13.4. The molecule has 132 valence electrons. The Kier molecular flexibility index (Phi) is 6.34. The highest BCUT2D eigenvalue weighted by molar-refractivity contribution is 5.29. The van der Waals surface area contributed by atoms with Gasteiger partial charge in [0.05, 0.1) is 6.61 Å². The number of aromatic nitrogens is 2. The number of hydrogen-bond acceptors (Lipinski definition) is 6. The van der Waals surface area contributed by atoms with Gasteiger partial charge in [0.25, 0.3) is 5.56 Å². The fraction of sp³-hybridized carbons (Fsp3) is 0.625. The van der Waals surface area contributed by atoms with E-state index in [1.807, 2.05) is 0 Å². The van der Waals surface area contributed by atoms with Gasteiger partial charge in [-0.05, 0) is 6.42 Å². The summed E-state index contributed by atoms with van der Waals surface area (Å²) in [6.45, 7) is 1.58. The Bertz CT molecular complexity index is 729. The molecule has 8 nitrogen and oxygen atoms in total. The smallest absolute Gasteiger partial charge is 0.330 e. The molecule has 1 fully saturated rings. The number of hydrogen-bond donors (Lipinski definition) is 4. The predicted octanol–water partition coefficient (Wildman–Crippen LogP) is -0.920. The van der Waals surface area contributed by atoms with Crippen LogP contribution >= 0.6 is 0 Å². The zero-order valence-corrected chi connectivity index (χ0v) is 13.4. The first-order valence-electron chi connectivity index (χ1n) is 7.96. The molecule has 0 saturated carbocycles. The number of nitrogens with zero attached hydrogens (tertiary/aromatic N) is 1. The Morgan fingerprint density at radius 3 is 2.67 bits per heavy atom. The van der Waals surface area contributed by atoms with Gasteiger partial charge in [0.15, 0.2) is 6.23 Å². The molecule has 2 rings (SSSR count). The number of unbranched alkanes of at least 4 members (excludes halogenated alkanes) is 3. The van der Waals surface area contributed by atoms with Crippen LogP contribution in [0.3, 0.4) is 0 Å². The Labute approximate surface area is 138 Å². The van der Waals surface area contributed by atoms with Crippen molar-refractivity contribution in [1.29, 1.82) is 0 Å². The predicted molar refractivity (Wildman–Crippen MR) is 85.4 cm³/mol. The van der Waals surface area contributed by atoms with Crippen molar-refractivity contribution >= 4 is 0 Å². The minimum absolute atomic E-state index is 0.0730. The van der Waals surface area contributed by atoms with Crippen molar-refractivity contribution in [2.45, 2.75) is 57.1 Å². The van der Waals surface area contributed by atoms with E-state index in [0.29, 0.717) is 6.42 Å². The second-order valence-corrected chi connectivity index (χ2v) is 5.70. The van der Waals surface area contributed by atoms with Crippen molar-refractivity contribution in [2.75, 3.05) is 6.61 Å². The molecule has 4 atom stereocenters. The van der Waals surface area contributed by atoms with Gasteiger partial charge in [-0.2, -0.15) is 0 Å². The summed E-state index contributed by atoms with van der Waals surface area (Å²) in [7, 11) is 0. The van der Waals surface area contributed by atoms with Crippen LogP contribution in [-0.2, 0) is 4.74 Å². The highest BCUT2D eigenvalue weighted by atomic mass is 16.6. The van der Waals surface area contributed by atoms with Crippen molar-refractivity contribution in [3.63, 3.8) is 0 Å². The standard InChI is InChI=1S/C16H22N2O6/c1-2-3-4-5-6-7-10-8-18(16(23)17-14(10)22)15-13(21)12(20)11(9-19)24-15/h8,11-13,15,19-21H,2-5,9H2,1H3,(H,17,22,23)/t11-,12-,13+,15-/m1/s1. The van der Waals surface area contributed by atoms with E-state index < -0.39 is 42.4 Å². The van der Waals surface area contributed by atoms with Crippen LogP contribution in [0.4, 0.5) is 0 Å². The lowest BCUT2D eigenvalue weighted by Crippen LogP contribution is -2.38. The molecule has 0 unspecified atom stereocenters. The maximum absolute atomic E-state index is 12.0. The molecular weight excluding hydrogens is 316 g/mol. The van der Waals surface area contributed by atoms with Gasteiger partial charge in [-0.1, -0.05) is 31.6 Å². The summed E-state index contributed by atoms with van der Waals surface area (Å²) in [5.41, 5.74) is -1.33. The molecule has 1 aromatic rings. The minimum Gasteiger partial charge on any atom is -0.394 e. The summed E-state index contributed by atoms with van der Waals surface area (Å²) < 4.78 is 6.27. The third-order valence-corrected chi connectivity index (χ3v) is 3.89. The van der Waals surface area contributed by atoms with E-state index in [-0.39, 0.29) is 5.56 Å². The number of nitrogens with one attached hydrogen (secondary N) is 1. The van der Waals surface area contributed by atoms with E-state index >= 15 is 0 Å². The number of ether oxygens (including phenoxy) is 1. The first-order chi connectivity index (χ1) is 11.5. The largest absolute Gasteiger partial charge is 0.394 e. The van der Waals surface area contributed by atoms with E-state index in [1.54, 1.807) is 0 Å². The molecule has 1 saturated heterocycles. The van der Waals surface area contributed by atoms with E-state index in [4.69, 9.17) is 9.84 Å². The highest BCUT2D eigenvalue weighted by Gasteiger charge is 2.43. The number of aliphatic hydroxyl groups is 3. The third-order valence-electron chi connectivity index (χ3n) is 3.89. The number of aromatic amines is 1. The molecule has 0 aliphatic carbocycles. The summed E-state index contributed by atoms with van der Waals surface area (Å²) in [4.78, 5) is 25.9. The lowest BCUT2D eigenvalue weighted by molar-refractivity contribution is -0.0550. The van der Waals surface area contributed by atoms with Gasteiger partial charge >= 0.3 is 5.69 Å². The Morgan fingerprint density at radius 1 is 1.29 bits per heavy atom. The van der Waals surface area contributed by atoms with Crippen molar-refractivity contribution in [3.8, 4) is 11.8 Å². The van der Waals surface area contributed by atoms with E-state index in [9.17, 15) is 19.8 Å². The molecule has 4 N–H and O–H groups in total. The molecule has 2 heterocycles. The highest BCUT2D eigenvalue weighted by Crippen LogP contribution is 2.27. The molecule has 0 radical (unpaired) electrons. The molecule has 1 aliphatic rings. The molecule has 0 bridgehead atoms. The number of aliphatic hydroxyl groups excluding tert-OH is 3. The molecule has 8 heteroatoms. The van der Waals surface area contributed by atoms with Crippen molar-refractivity contribution < 1.29 is 20.1 Å². The summed E-state index contributed by atoms with van der Waals surface area (Å²) >= 11 is 0. The number of H-pyrrole nitrogens is 1. The fourth-order valence-electron chi connectivity index (χ4n) is 2.49. The van der Waals surface area contributed by atoms with Crippen LogP contribution in [0.2, 0.25) is 0 Å². The van der Waals surface area contributed by atoms with Crippen LogP contribution in [0.15, 0.2) is 15.8 Å². The van der Waals surface area contributed by atoms with Crippen LogP contribution in [0.5, 0.6) is 0 Å². The van der Waals surface area contributed by atoms with Crippen LogP contribution in [0.1, 0.15) is 44.4 Å². The van der Waals surface area contributed by atoms with Gasteiger partial charge in [0.1, 0.15) is 23.9 Å². The molecule has 1 aromatic heterocycles. The molecular formula is C16H22N2O6. The van der Waals surface area contributed by atoms with Crippen LogP contribution in [0.25, 0.3) is 0 Å². The lowest BCUT2D eigenvalue weighted by atomic mass is 10.1. The summed E-state index contributed by atoms with van der Waals surface area (Å²) in [6, 6.07) is 0. The van der Waals surface area contributed by atoms with Crippen molar-refractivity contribution in [2.24, 2.45) is 0 Å². The van der Waals surface area contributed by atoms with E-state index in [2.05, 4.69) is 23.7 Å². The first-order valence-corrected chi connectivity index (χ1v) is 7.96. The summed E-state index contributed by atoms with van der Waals surface area (Å²) in [5.74, 6) is 5.59. The quantitative estimate of drug-likeness (QED) is 0.406. The average molecular weight is 338 g/mol. The van der Waals surface area contributed by atoms with Crippen LogP contribution < -0.4 is 11.2 Å². The van der Waals surface area contributed by atoms with Gasteiger partial charge in [0.2, 0.25) is 0 Å².